The van der Waals surface area contributed by atoms with Crippen molar-refractivity contribution >= 4 is 32.5 Å². The molecule has 0 atom stereocenters. The average molecular weight is 429 g/mol. The molecule has 0 unspecified atom stereocenters. The van der Waals surface area contributed by atoms with Crippen LogP contribution in [0.5, 0.6) is 5.75 Å². The molecule has 0 aliphatic carbocycles. The molecule has 0 bridgehead atoms. The number of aromatic amines is 1. The van der Waals surface area contributed by atoms with E-state index in [0.717, 1.165) is 18.5 Å². The first-order valence-corrected chi connectivity index (χ1v) is 11.1. The van der Waals surface area contributed by atoms with E-state index in [0.29, 0.717) is 35.7 Å². The Morgan fingerprint density at radius 2 is 1.77 bits per heavy atom. The fourth-order valence-electron chi connectivity index (χ4n) is 3.49. The Kier molecular flexibility index (Phi) is 5.40. The number of anilines is 1. The van der Waals surface area contributed by atoms with Crippen molar-refractivity contribution in [2.24, 2.45) is 0 Å². The second-order valence-electron chi connectivity index (χ2n) is 7.33. The van der Waals surface area contributed by atoms with Gasteiger partial charge >= 0.3 is 0 Å². The number of rotatable bonds is 5. The van der Waals surface area contributed by atoms with Crippen LogP contribution in [-0.2, 0) is 10.0 Å². The topological polar surface area (TPSA) is 94.7 Å². The lowest BCUT2D eigenvalue weighted by atomic mass is 10.2. The van der Waals surface area contributed by atoms with Crippen LogP contribution >= 0.6 is 0 Å². The van der Waals surface area contributed by atoms with E-state index >= 15 is 0 Å². The zero-order valence-electron chi connectivity index (χ0n) is 16.9. The zero-order valence-corrected chi connectivity index (χ0v) is 17.7. The van der Waals surface area contributed by atoms with Gasteiger partial charge < -0.3 is 19.5 Å². The van der Waals surface area contributed by atoms with Crippen LogP contribution in [-0.4, -0.2) is 69.4 Å². The number of ether oxygens (including phenoxy) is 1. The molecule has 0 saturated carbocycles. The number of carbonyl (C=O) groups is 1. The van der Waals surface area contributed by atoms with Gasteiger partial charge in [-0.3, -0.25) is 9.52 Å². The summed E-state index contributed by atoms with van der Waals surface area (Å²) in [7, 11) is -0.238. The molecule has 0 spiro atoms. The number of piperazine rings is 1. The zero-order chi connectivity index (χ0) is 21.3. The van der Waals surface area contributed by atoms with E-state index in [2.05, 4.69) is 14.6 Å². The quantitative estimate of drug-likeness (QED) is 0.651. The van der Waals surface area contributed by atoms with Gasteiger partial charge in [0.1, 0.15) is 11.4 Å². The molecule has 30 heavy (non-hydrogen) atoms. The normalized spacial score (nSPS) is 15.3. The molecule has 9 heteroatoms. The fraction of sp³-hybridized carbons (Fsp3) is 0.286. The molecule has 3 aromatic rings. The summed E-state index contributed by atoms with van der Waals surface area (Å²) in [5.74, 6) is 0.496. The van der Waals surface area contributed by atoms with Crippen molar-refractivity contribution in [3.05, 3.63) is 54.2 Å². The Morgan fingerprint density at radius 3 is 2.43 bits per heavy atom. The first kappa shape index (κ1) is 20.2. The highest BCUT2D eigenvalue weighted by molar-refractivity contribution is 7.92. The van der Waals surface area contributed by atoms with Crippen LogP contribution < -0.4 is 9.46 Å². The Hall–Kier alpha value is -3.04. The molecular weight excluding hydrogens is 404 g/mol. The molecule has 1 fully saturated rings. The summed E-state index contributed by atoms with van der Waals surface area (Å²) in [5.41, 5.74) is 1.42. The Bertz CT molecular complexity index is 1160. The molecule has 2 N–H and O–H groups in total. The number of benzene rings is 2. The van der Waals surface area contributed by atoms with Crippen molar-refractivity contribution in [2.45, 2.75) is 4.90 Å². The van der Waals surface area contributed by atoms with Crippen molar-refractivity contribution in [3.8, 4) is 5.75 Å². The van der Waals surface area contributed by atoms with Crippen LogP contribution in [0, 0.1) is 0 Å². The molecule has 158 valence electrons. The van der Waals surface area contributed by atoms with E-state index < -0.39 is 10.0 Å². The lowest BCUT2D eigenvalue weighted by molar-refractivity contribution is 0.0659. The third kappa shape index (κ3) is 3.99. The average Bonchev–Trinajstić information content (AvgIpc) is 3.19. The van der Waals surface area contributed by atoms with E-state index in [1.54, 1.807) is 30.3 Å². The second-order valence-corrected chi connectivity index (χ2v) is 9.01. The standard InChI is InChI=1S/C21H24N4O4S/c1-24-10-12-25(13-11-24)21(26)19-14-15-4-3-5-18(20(15)22-19)23-30(27,28)17-8-6-16(29-2)7-9-17/h3-9,14,22-23H,10-13H2,1-2H3. The number of hydrogen-bond acceptors (Lipinski definition) is 5. The summed E-state index contributed by atoms with van der Waals surface area (Å²) in [6.45, 7) is 3.00. The Labute approximate surface area is 175 Å². The van der Waals surface area contributed by atoms with Crippen molar-refractivity contribution in [2.75, 3.05) is 45.1 Å². The molecule has 2 heterocycles. The van der Waals surface area contributed by atoms with E-state index in [1.807, 2.05) is 18.0 Å². The van der Waals surface area contributed by atoms with Gasteiger partial charge in [0.2, 0.25) is 0 Å². The van der Waals surface area contributed by atoms with Crippen LogP contribution in [0.15, 0.2) is 53.4 Å². The summed E-state index contributed by atoms with van der Waals surface area (Å²) in [6.07, 6.45) is 0. The van der Waals surface area contributed by atoms with Gasteiger partial charge in [-0.1, -0.05) is 12.1 Å². The molecule has 8 nitrogen and oxygen atoms in total. The largest absolute Gasteiger partial charge is 0.497 e. The first-order chi connectivity index (χ1) is 14.4. The Balaban J connectivity index is 1.61. The molecule has 1 aromatic heterocycles. The van der Waals surface area contributed by atoms with Gasteiger partial charge in [-0.25, -0.2) is 8.42 Å². The highest BCUT2D eigenvalue weighted by Gasteiger charge is 2.23. The van der Waals surface area contributed by atoms with Crippen molar-refractivity contribution in [1.82, 2.24) is 14.8 Å². The Morgan fingerprint density at radius 1 is 1.07 bits per heavy atom. The number of aromatic nitrogens is 1. The molecule has 1 aliphatic heterocycles. The molecular formula is C21H24N4O4S. The number of likely N-dealkylation sites (N-methyl/N-ethyl adjacent to an activating group) is 1. The summed E-state index contributed by atoms with van der Waals surface area (Å²) in [5, 5.41) is 0.766. The number of sulfonamides is 1. The van der Waals surface area contributed by atoms with Crippen LogP contribution in [0.2, 0.25) is 0 Å². The highest BCUT2D eigenvalue weighted by atomic mass is 32.2. The number of fused-ring (bicyclic) bond motifs is 1. The molecule has 2 aromatic carbocycles. The fourth-order valence-corrected chi connectivity index (χ4v) is 4.57. The third-order valence-corrected chi connectivity index (χ3v) is 6.67. The molecule has 0 radical (unpaired) electrons. The minimum absolute atomic E-state index is 0.0803. The number of amides is 1. The van der Waals surface area contributed by atoms with Gasteiger partial charge in [-0.15, -0.1) is 0 Å². The van der Waals surface area contributed by atoms with E-state index in [-0.39, 0.29) is 10.8 Å². The van der Waals surface area contributed by atoms with E-state index in [1.165, 1.54) is 19.2 Å². The first-order valence-electron chi connectivity index (χ1n) is 9.64. The number of para-hydroxylation sites is 1. The predicted molar refractivity (Wildman–Crippen MR) is 116 cm³/mol. The van der Waals surface area contributed by atoms with Gasteiger partial charge in [-0.2, -0.15) is 0 Å². The third-order valence-electron chi connectivity index (χ3n) is 5.29. The maximum Gasteiger partial charge on any atom is 0.270 e. The number of H-pyrrole nitrogens is 1. The summed E-state index contributed by atoms with van der Waals surface area (Å²) < 4.78 is 33.3. The maximum atomic E-state index is 12.9. The monoisotopic (exact) mass is 428 g/mol. The van der Waals surface area contributed by atoms with Gasteiger partial charge in [0.25, 0.3) is 15.9 Å². The smallest absolute Gasteiger partial charge is 0.270 e. The van der Waals surface area contributed by atoms with Crippen molar-refractivity contribution in [1.29, 1.82) is 0 Å². The number of nitrogens with zero attached hydrogens (tertiary/aromatic N) is 2. The van der Waals surface area contributed by atoms with Gasteiger partial charge in [0.15, 0.2) is 0 Å². The predicted octanol–water partition coefficient (Wildman–Crippen LogP) is 2.36. The lowest BCUT2D eigenvalue weighted by Crippen LogP contribution is -2.47. The van der Waals surface area contributed by atoms with Crippen molar-refractivity contribution < 1.29 is 17.9 Å². The number of hydrogen-bond donors (Lipinski definition) is 2. The minimum atomic E-state index is -3.79. The summed E-state index contributed by atoms with van der Waals surface area (Å²) in [6, 6.07) is 13.2. The molecule has 1 saturated heterocycles. The SMILES string of the molecule is COc1ccc(S(=O)(=O)Nc2cccc3cc(C(=O)N4CCN(C)CC4)[nH]c23)cc1. The van der Waals surface area contributed by atoms with Crippen LogP contribution in [0.25, 0.3) is 10.9 Å². The molecule has 1 amide bonds. The molecule has 4 rings (SSSR count). The van der Waals surface area contributed by atoms with Gasteiger partial charge in [-0.05, 0) is 43.4 Å². The lowest BCUT2D eigenvalue weighted by Gasteiger charge is -2.32. The maximum absolute atomic E-state index is 12.9. The number of carbonyl (C=O) groups excluding carboxylic acids is 1. The van der Waals surface area contributed by atoms with E-state index in [9.17, 15) is 13.2 Å². The minimum Gasteiger partial charge on any atom is -0.497 e. The van der Waals surface area contributed by atoms with Crippen LogP contribution in [0.4, 0.5) is 5.69 Å². The highest BCUT2D eigenvalue weighted by Crippen LogP contribution is 2.27. The van der Waals surface area contributed by atoms with Gasteiger partial charge in [0.05, 0.1) is 23.2 Å². The second kappa shape index (κ2) is 8.00. The van der Waals surface area contributed by atoms with Gasteiger partial charge in [0, 0.05) is 31.6 Å². The number of methoxy groups -OCH3 is 1. The summed E-state index contributed by atoms with van der Waals surface area (Å²) in [4.78, 5) is 20.1. The van der Waals surface area contributed by atoms with Crippen LogP contribution in [0.1, 0.15) is 10.5 Å². The van der Waals surface area contributed by atoms with Crippen molar-refractivity contribution in [3.63, 3.8) is 0 Å². The molecule has 1 aliphatic rings. The number of nitrogens with one attached hydrogen (secondary N) is 2. The summed E-state index contributed by atoms with van der Waals surface area (Å²) >= 11 is 0. The van der Waals surface area contributed by atoms with E-state index in [4.69, 9.17) is 4.74 Å². The van der Waals surface area contributed by atoms with Crippen LogP contribution in [0.3, 0.4) is 0 Å².